The van der Waals surface area contributed by atoms with Gasteiger partial charge in [0.2, 0.25) is 0 Å². The molecule has 4 aromatic rings. The molecule has 0 unspecified atom stereocenters. The fourth-order valence-electron chi connectivity index (χ4n) is 3.06. The van der Waals surface area contributed by atoms with E-state index in [9.17, 15) is 9.59 Å². The first-order valence-corrected chi connectivity index (χ1v) is 8.96. The van der Waals surface area contributed by atoms with Gasteiger partial charge in [0.05, 0.1) is 0 Å². The van der Waals surface area contributed by atoms with Gasteiger partial charge in [0.1, 0.15) is 11.3 Å². The average Bonchev–Trinajstić information content (AvgIpc) is 2.72. The lowest BCUT2D eigenvalue weighted by Crippen LogP contribution is -2.11. The molecule has 0 radical (unpaired) electrons. The highest BCUT2D eigenvalue weighted by atomic mass is 16.5. The summed E-state index contributed by atoms with van der Waals surface area (Å²) >= 11 is 0. The van der Waals surface area contributed by atoms with Gasteiger partial charge in [0, 0.05) is 23.1 Å². The van der Waals surface area contributed by atoms with Crippen molar-refractivity contribution >= 4 is 16.8 Å². The molecule has 1 heterocycles. The average molecular weight is 370 g/mol. The third kappa shape index (κ3) is 3.71. The molecule has 0 bridgehead atoms. The maximum absolute atomic E-state index is 12.3. The number of hydrogen-bond acceptors (Lipinski definition) is 4. The van der Waals surface area contributed by atoms with E-state index in [4.69, 9.17) is 9.15 Å². The van der Waals surface area contributed by atoms with Crippen molar-refractivity contribution in [3.05, 3.63) is 100 Å². The number of ketones is 1. The van der Waals surface area contributed by atoms with E-state index in [0.29, 0.717) is 16.9 Å². The fourth-order valence-corrected chi connectivity index (χ4v) is 3.06. The predicted octanol–water partition coefficient (Wildman–Crippen LogP) is 5.03. The molecule has 0 N–H and O–H groups in total. The van der Waals surface area contributed by atoms with E-state index in [1.165, 1.54) is 6.07 Å². The van der Waals surface area contributed by atoms with Crippen LogP contribution in [-0.2, 0) is 0 Å². The Labute approximate surface area is 162 Å². The van der Waals surface area contributed by atoms with Gasteiger partial charge in [-0.15, -0.1) is 0 Å². The van der Waals surface area contributed by atoms with Crippen LogP contribution in [0.2, 0.25) is 0 Å². The summed E-state index contributed by atoms with van der Waals surface area (Å²) in [6.45, 7) is 1.88. The standard InChI is InChI=1S/C24H18O4/c1-16-7-9-18(10-8-16)22(25)15-27-19-11-12-20-21(17-5-3-2-4-6-17)14-24(26)28-23(20)13-19/h2-14H,15H2,1H3. The number of fused-ring (bicyclic) bond motifs is 1. The van der Waals surface area contributed by atoms with Crippen LogP contribution in [-0.4, -0.2) is 12.4 Å². The molecule has 1 aromatic heterocycles. The summed E-state index contributed by atoms with van der Waals surface area (Å²) in [6.07, 6.45) is 0. The molecular formula is C24H18O4. The van der Waals surface area contributed by atoms with Gasteiger partial charge in [-0.1, -0.05) is 60.2 Å². The molecule has 4 heteroatoms. The number of carbonyl (C=O) groups excluding carboxylic acids is 1. The molecule has 138 valence electrons. The number of carbonyl (C=O) groups is 1. The summed E-state index contributed by atoms with van der Waals surface area (Å²) in [4.78, 5) is 24.3. The number of ether oxygens (including phenoxy) is 1. The Morgan fingerprint density at radius 3 is 2.43 bits per heavy atom. The Hall–Kier alpha value is -3.66. The second kappa shape index (κ2) is 7.53. The molecule has 4 nitrogen and oxygen atoms in total. The first-order valence-electron chi connectivity index (χ1n) is 8.96. The quantitative estimate of drug-likeness (QED) is 0.365. The zero-order valence-corrected chi connectivity index (χ0v) is 15.3. The van der Waals surface area contributed by atoms with Crippen molar-refractivity contribution < 1.29 is 13.9 Å². The Balaban J connectivity index is 1.60. The molecule has 0 spiro atoms. The summed E-state index contributed by atoms with van der Waals surface area (Å²) < 4.78 is 11.0. The third-order valence-electron chi connectivity index (χ3n) is 4.54. The molecule has 0 saturated heterocycles. The summed E-state index contributed by atoms with van der Waals surface area (Å²) in [5, 5.41) is 0.808. The van der Waals surface area contributed by atoms with E-state index >= 15 is 0 Å². The van der Waals surface area contributed by atoms with E-state index < -0.39 is 5.63 Å². The van der Waals surface area contributed by atoms with Crippen LogP contribution in [0.5, 0.6) is 5.75 Å². The van der Waals surface area contributed by atoms with E-state index in [0.717, 1.165) is 22.1 Å². The Morgan fingerprint density at radius 2 is 1.68 bits per heavy atom. The van der Waals surface area contributed by atoms with Gasteiger partial charge in [-0.2, -0.15) is 0 Å². The Morgan fingerprint density at radius 1 is 0.929 bits per heavy atom. The van der Waals surface area contributed by atoms with Crippen LogP contribution in [0.4, 0.5) is 0 Å². The minimum absolute atomic E-state index is 0.0861. The molecular weight excluding hydrogens is 352 g/mol. The van der Waals surface area contributed by atoms with Gasteiger partial charge in [-0.25, -0.2) is 4.79 Å². The largest absolute Gasteiger partial charge is 0.485 e. The smallest absolute Gasteiger partial charge is 0.336 e. The zero-order valence-electron chi connectivity index (χ0n) is 15.3. The number of benzene rings is 3. The molecule has 0 aliphatic rings. The topological polar surface area (TPSA) is 56.5 Å². The van der Waals surface area contributed by atoms with Crippen LogP contribution >= 0.6 is 0 Å². The number of hydrogen-bond donors (Lipinski definition) is 0. The number of aryl methyl sites for hydroxylation is 1. The lowest BCUT2D eigenvalue weighted by atomic mass is 10.0. The van der Waals surface area contributed by atoms with Gasteiger partial charge < -0.3 is 9.15 Å². The molecule has 0 fully saturated rings. The van der Waals surface area contributed by atoms with Crippen molar-refractivity contribution in [2.24, 2.45) is 0 Å². The van der Waals surface area contributed by atoms with Gasteiger partial charge in [0.15, 0.2) is 12.4 Å². The predicted molar refractivity (Wildman–Crippen MR) is 109 cm³/mol. The van der Waals surface area contributed by atoms with E-state index in [1.807, 2.05) is 55.5 Å². The second-order valence-electron chi connectivity index (χ2n) is 6.58. The van der Waals surface area contributed by atoms with Crippen LogP contribution in [0.15, 0.2) is 88.1 Å². The lowest BCUT2D eigenvalue weighted by molar-refractivity contribution is 0.0921. The molecule has 0 aliphatic carbocycles. The van der Waals surface area contributed by atoms with Crippen molar-refractivity contribution in [2.45, 2.75) is 6.92 Å². The van der Waals surface area contributed by atoms with Crippen LogP contribution in [0.1, 0.15) is 15.9 Å². The summed E-state index contributed by atoms with van der Waals surface area (Å²) in [7, 11) is 0. The molecule has 4 rings (SSSR count). The Kier molecular flexibility index (Phi) is 4.77. The number of Topliss-reactive ketones (excluding diaryl/α,β-unsaturated/α-hetero) is 1. The van der Waals surface area contributed by atoms with Crippen LogP contribution in [0, 0.1) is 6.92 Å². The molecule has 0 aliphatic heterocycles. The monoisotopic (exact) mass is 370 g/mol. The van der Waals surface area contributed by atoms with Gasteiger partial charge in [0.25, 0.3) is 0 Å². The van der Waals surface area contributed by atoms with Crippen LogP contribution < -0.4 is 10.4 Å². The molecule has 28 heavy (non-hydrogen) atoms. The van der Waals surface area contributed by atoms with Crippen molar-refractivity contribution in [2.75, 3.05) is 6.61 Å². The van der Waals surface area contributed by atoms with Gasteiger partial charge in [-0.05, 0) is 30.2 Å². The first-order chi connectivity index (χ1) is 13.6. The summed E-state index contributed by atoms with van der Waals surface area (Å²) in [5.41, 5.74) is 3.42. The Bertz CT molecular complexity index is 1190. The lowest BCUT2D eigenvalue weighted by Gasteiger charge is -2.09. The highest BCUT2D eigenvalue weighted by molar-refractivity contribution is 5.97. The van der Waals surface area contributed by atoms with Crippen LogP contribution in [0.3, 0.4) is 0 Å². The van der Waals surface area contributed by atoms with Gasteiger partial charge in [-0.3, -0.25) is 4.79 Å². The van der Waals surface area contributed by atoms with E-state index in [2.05, 4.69) is 0 Å². The summed E-state index contributed by atoms with van der Waals surface area (Å²) in [6, 6.07) is 23.7. The molecule has 0 atom stereocenters. The SMILES string of the molecule is Cc1ccc(C(=O)COc2ccc3c(-c4ccccc4)cc(=O)oc3c2)cc1. The van der Waals surface area contributed by atoms with E-state index in [-0.39, 0.29) is 12.4 Å². The summed E-state index contributed by atoms with van der Waals surface area (Å²) in [5.74, 6) is 0.362. The first kappa shape index (κ1) is 17.7. The normalized spacial score (nSPS) is 10.8. The molecule has 0 amide bonds. The second-order valence-corrected chi connectivity index (χ2v) is 6.58. The maximum atomic E-state index is 12.3. The van der Waals surface area contributed by atoms with Crippen molar-refractivity contribution in [1.29, 1.82) is 0 Å². The molecule has 3 aromatic carbocycles. The van der Waals surface area contributed by atoms with Crippen molar-refractivity contribution in [1.82, 2.24) is 0 Å². The fraction of sp³-hybridized carbons (Fsp3) is 0.0833. The third-order valence-corrected chi connectivity index (χ3v) is 4.54. The van der Waals surface area contributed by atoms with Crippen molar-refractivity contribution in [3.8, 4) is 16.9 Å². The van der Waals surface area contributed by atoms with Crippen LogP contribution in [0.25, 0.3) is 22.1 Å². The van der Waals surface area contributed by atoms with Crippen molar-refractivity contribution in [3.63, 3.8) is 0 Å². The maximum Gasteiger partial charge on any atom is 0.336 e. The van der Waals surface area contributed by atoms with Gasteiger partial charge >= 0.3 is 5.63 Å². The minimum atomic E-state index is -0.431. The number of rotatable bonds is 5. The van der Waals surface area contributed by atoms with E-state index in [1.54, 1.807) is 24.3 Å². The minimum Gasteiger partial charge on any atom is -0.485 e. The highest BCUT2D eigenvalue weighted by Crippen LogP contribution is 2.29. The zero-order chi connectivity index (χ0) is 19.5. The highest BCUT2D eigenvalue weighted by Gasteiger charge is 2.11. The molecule has 0 saturated carbocycles.